The van der Waals surface area contributed by atoms with E-state index in [1.54, 1.807) is 12.1 Å². The Kier molecular flexibility index (Phi) is 7.80. The van der Waals surface area contributed by atoms with Gasteiger partial charge in [0.2, 0.25) is 10.0 Å². The Hall–Kier alpha value is 0.01000. The molecule has 21 heavy (non-hydrogen) atoms. The summed E-state index contributed by atoms with van der Waals surface area (Å²) in [6.45, 7) is 6.50. The summed E-state index contributed by atoms with van der Waals surface area (Å²) in [7, 11) is -3.65. The van der Waals surface area contributed by atoms with Gasteiger partial charge >= 0.3 is 0 Å². The number of rotatable bonds is 8. The van der Waals surface area contributed by atoms with Crippen molar-refractivity contribution in [2.45, 2.75) is 32.0 Å². The van der Waals surface area contributed by atoms with Gasteiger partial charge in [-0.3, -0.25) is 0 Å². The maximum absolute atomic E-state index is 12.4. The summed E-state index contributed by atoms with van der Waals surface area (Å²) < 4.78 is 39.1. The van der Waals surface area contributed by atoms with Gasteiger partial charge in [0, 0.05) is 22.2 Å². The first-order valence-corrected chi connectivity index (χ1v) is 9.57. The molecule has 0 bridgehead atoms. The van der Waals surface area contributed by atoms with Crippen molar-refractivity contribution in [2.75, 3.05) is 19.8 Å². The fraction of sp³-hybridized carbons (Fsp3) is 0.538. The van der Waals surface area contributed by atoms with Crippen molar-refractivity contribution in [1.82, 2.24) is 4.72 Å². The second-order valence-electron chi connectivity index (χ2n) is 4.22. The van der Waals surface area contributed by atoms with E-state index in [0.717, 1.165) is 10.0 Å². The first-order chi connectivity index (χ1) is 9.81. The van der Waals surface area contributed by atoms with Crippen LogP contribution in [-0.2, 0) is 19.5 Å². The van der Waals surface area contributed by atoms with Gasteiger partial charge in [-0.25, -0.2) is 13.1 Å². The van der Waals surface area contributed by atoms with Crippen molar-refractivity contribution >= 4 is 41.9 Å². The second kappa shape index (κ2) is 8.59. The number of ether oxygens (including phenoxy) is 2. The average Bonchev–Trinajstić information content (AvgIpc) is 2.40. The van der Waals surface area contributed by atoms with Crippen molar-refractivity contribution in [2.24, 2.45) is 0 Å². The molecule has 0 saturated carbocycles. The van der Waals surface area contributed by atoms with Gasteiger partial charge in [-0.05, 0) is 54.4 Å². The molecule has 5 nitrogen and oxygen atoms in total. The van der Waals surface area contributed by atoms with Crippen LogP contribution in [0.15, 0.2) is 26.0 Å². The van der Waals surface area contributed by atoms with Crippen LogP contribution in [0.25, 0.3) is 0 Å². The lowest BCUT2D eigenvalue weighted by atomic mass is 10.2. The molecule has 0 aliphatic heterocycles. The van der Waals surface area contributed by atoms with Crippen LogP contribution in [-0.4, -0.2) is 34.5 Å². The lowest BCUT2D eigenvalue weighted by Gasteiger charge is -2.18. The first kappa shape index (κ1) is 19.1. The number of nitrogens with one attached hydrogen (secondary N) is 1. The zero-order valence-corrected chi connectivity index (χ0v) is 16.1. The Labute approximate surface area is 142 Å². The Bertz CT molecular complexity index is 572. The van der Waals surface area contributed by atoms with Gasteiger partial charge in [0.1, 0.15) is 0 Å². The summed E-state index contributed by atoms with van der Waals surface area (Å²) in [4.78, 5) is 0.173. The predicted molar refractivity (Wildman–Crippen MR) is 88.8 cm³/mol. The highest BCUT2D eigenvalue weighted by Gasteiger charge is 2.21. The van der Waals surface area contributed by atoms with E-state index in [1.807, 2.05) is 20.8 Å². The van der Waals surface area contributed by atoms with Crippen molar-refractivity contribution in [3.05, 3.63) is 26.6 Å². The molecule has 0 fully saturated rings. The molecule has 8 heteroatoms. The lowest BCUT2D eigenvalue weighted by molar-refractivity contribution is -0.130. The molecule has 1 aromatic rings. The summed E-state index contributed by atoms with van der Waals surface area (Å²) in [6.07, 6.45) is -0.595. The van der Waals surface area contributed by atoms with Crippen LogP contribution in [0, 0.1) is 6.92 Å². The molecule has 1 N–H and O–H groups in total. The molecule has 1 aromatic carbocycles. The highest BCUT2D eigenvalue weighted by molar-refractivity contribution is 9.11. The van der Waals surface area contributed by atoms with E-state index in [-0.39, 0.29) is 11.4 Å². The summed E-state index contributed by atoms with van der Waals surface area (Å²) in [6, 6.07) is 3.32. The quantitative estimate of drug-likeness (QED) is 0.625. The Morgan fingerprint density at radius 3 is 2.24 bits per heavy atom. The van der Waals surface area contributed by atoms with Gasteiger partial charge in [0.05, 0.1) is 11.4 Å². The molecule has 0 heterocycles. The molecule has 0 aromatic heterocycles. The van der Waals surface area contributed by atoms with Crippen LogP contribution >= 0.6 is 31.9 Å². The lowest BCUT2D eigenvalue weighted by Crippen LogP contribution is -2.35. The van der Waals surface area contributed by atoms with Crippen molar-refractivity contribution in [1.29, 1.82) is 0 Å². The van der Waals surface area contributed by atoms with Crippen LogP contribution in [0.5, 0.6) is 0 Å². The molecule has 0 aliphatic rings. The summed E-state index contributed by atoms with van der Waals surface area (Å²) in [5.41, 5.74) is 0.947. The maximum atomic E-state index is 12.4. The fourth-order valence-electron chi connectivity index (χ4n) is 1.63. The average molecular weight is 445 g/mol. The maximum Gasteiger partial charge on any atom is 0.241 e. The number of hydrogen-bond donors (Lipinski definition) is 1. The topological polar surface area (TPSA) is 64.6 Å². The molecule has 0 aliphatic carbocycles. The molecular weight excluding hydrogens is 426 g/mol. The van der Waals surface area contributed by atoms with Crippen LogP contribution in [0.3, 0.4) is 0 Å². The largest absolute Gasteiger partial charge is 0.352 e. The molecule has 0 spiro atoms. The minimum absolute atomic E-state index is 0.0575. The molecule has 0 radical (unpaired) electrons. The third kappa shape index (κ3) is 5.61. The van der Waals surface area contributed by atoms with E-state index in [2.05, 4.69) is 36.6 Å². The molecule has 0 amide bonds. The summed E-state index contributed by atoms with van der Waals surface area (Å²) in [5.74, 6) is 0. The van der Waals surface area contributed by atoms with Crippen molar-refractivity contribution in [3.63, 3.8) is 0 Å². The van der Waals surface area contributed by atoms with E-state index < -0.39 is 16.3 Å². The summed E-state index contributed by atoms with van der Waals surface area (Å²) >= 11 is 6.62. The highest BCUT2D eigenvalue weighted by Crippen LogP contribution is 2.28. The van der Waals surface area contributed by atoms with E-state index in [0.29, 0.717) is 17.7 Å². The van der Waals surface area contributed by atoms with Gasteiger partial charge in [0.25, 0.3) is 0 Å². The predicted octanol–water partition coefficient (Wildman–Crippen LogP) is 3.20. The molecule has 0 atom stereocenters. The number of halogens is 2. The smallest absolute Gasteiger partial charge is 0.241 e. The van der Waals surface area contributed by atoms with Crippen molar-refractivity contribution in [3.8, 4) is 0 Å². The minimum atomic E-state index is -3.65. The molecular formula is C13H19Br2NO4S. The van der Waals surface area contributed by atoms with E-state index in [1.165, 1.54) is 0 Å². The fourth-order valence-corrected chi connectivity index (χ4v) is 4.32. The molecule has 0 saturated heterocycles. The highest BCUT2D eigenvalue weighted by atomic mass is 79.9. The standard InChI is InChI=1S/C13H19Br2NO4S/c1-4-19-13(20-5-2)8-16-21(17,18)12-7-10(14)9(3)6-11(12)15/h6-7,13,16H,4-5,8H2,1-3H3. The van der Waals surface area contributed by atoms with E-state index in [9.17, 15) is 8.42 Å². The van der Waals surface area contributed by atoms with Crippen LogP contribution < -0.4 is 4.72 Å². The Morgan fingerprint density at radius 1 is 1.14 bits per heavy atom. The Morgan fingerprint density at radius 2 is 1.71 bits per heavy atom. The zero-order valence-electron chi connectivity index (χ0n) is 12.2. The van der Waals surface area contributed by atoms with Crippen LogP contribution in [0.2, 0.25) is 0 Å². The SMILES string of the molecule is CCOC(CNS(=O)(=O)c1cc(Br)c(C)cc1Br)OCC. The van der Waals surface area contributed by atoms with Gasteiger partial charge in [0.15, 0.2) is 6.29 Å². The minimum Gasteiger partial charge on any atom is -0.352 e. The van der Waals surface area contributed by atoms with Gasteiger partial charge in [-0.2, -0.15) is 0 Å². The monoisotopic (exact) mass is 443 g/mol. The van der Waals surface area contributed by atoms with E-state index in [4.69, 9.17) is 9.47 Å². The van der Waals surface area contributed by atoms with Crippen LogP contribution in [0.4, 0.5) is 0 Å². The van der Waals surface area contributed by atoms with Crippen LogP contribution in [0.1, 0.15) is 19.4 Å². The zero-order chi connectivity index (χ0) is 16.0. The van der Waals surface area contributed by atoms with Gasteiger partial charge in [-0.1, -0.05) is 15.9 Å². The number of aryl methyl sites for hydroxylation is 1. The third-order valence-corrected chi connectivity index (χ3v) is 5.88. The number of hydrogen-bond acceptors (Lipinski definition) is 4. The van der Waals surface area contributed by atoms with Gasteiger partial charge < -0.3 is 9.47 Å². The number of benzene rings is 1. The van der Waals surface area contributed by atoms with Crippen molar-refractivity contribution < 1.29 is 17.9 Å². The second-order valence-corrected chi connectivity index (χ2v) is 7.67. The molecule has 1 rings (SSSR count). The van der Waals surface area contributed by atoms with E-state index >= 15 is 0 Å². The number of sulfonamides is 1. The molecule has 120 valence electrons. The first-order valence-electron chi connectivity index (χ1n) is 6.50. The van der Waals surface area contributed by atoms with Gasteiger partial charge in [-0.15, -0.1) is 0 Å². The molecule has 0 unspecified atom stereocenters. The normalized spacial score (nSPS) is 12.1. The third-order valence-electron chi connectivity index (χ3n) is 2.65. The Balaban J connectivity index is 2.89. The summed E-state index contributed by atoms with van der Waals surface area (Å²) in [5, 5.41) is 0.